The molecule has 2 aliphatic rings. The summed E-state index contributed by atoms with van der Waals surface area (Å²) in [7, 11) is 0. The van der Waals surface area contributed by atoms with Crippen LogP contribution in [0.15, 0.2) is 84.9 Å². The minimum atomic E-state index is -3.95. The third-order valence-electron chi connectivity index (χ3n) is 10.7. The Morgan fingerprint density at radius 2 is 1.20 bits per heavy atom. The first-order chi connectivity index (χ1) is 25.7. The summed E-state index contributed by atoms with van der Waals surface area (Å²) < 4.78 is 13.1. The Bertz CT molecular complexity index is 1650. The molecule has 3 aromatic rings. The van der Waals surface area contributed by atoms with Crippen molar-refractivity contribution in [2.75, 3.05) is 26.2 Å². The number of benzene rings is 3. The Morgan fingerprint density at radius 3 is 1.63 bits per heavy atom. The smallest absolute Gasteiger partial charge is 0.348 e. The van der Waals surface area contributed by atoms with Crippen LogP contribution < -0.4 is 0 Å². The number of ketones is 2. The fraction of sp³-hybridized carbons (Fsp3) is 0.452. The molecule has 5 rings (SSSR count). The molecule has 12 heteroatoms. The van der Waals surface area contributed by atoms with Gasteiger partial charge in [-0.2, -0.15) is 0 Å². The molecule has 54 heavy (non-hydrogen) atoms. The average molecular weight is 747 g/mol. The first kappa shape index (κ1) is 42.0. The molecule has 0 radical (unpaired) electrons. The third kappa shape index (κ3) is 9.65. The van der Waals surface area contributed by atoms with Crippen molar-refractivity contribution >= 4 is 29.4 Å². The maximum absolute atomic E-state index is 13.1. The molecule has 1 saturated carbocycles. The number of rotatable bonds is 14. The van der Waals surface area contributed by atoms with Crippen molar-refractivity contribution in [2.24, 2.45) is 11.8 Å². The zero-order chi connectivity index (χ0) is 39.5. The lowest BCUT2D eigenvalue weighted by molar-refractivity contribution is -0.187. The number of amides is 1. The van der Waals surface area contributed by atoms with E-state index >= 15 is 0 Å². The van der Waals surface area contributed by atoms with Gasteiger partial charge in [0.15, 0.2) is 0 Å². The molecule has 11 nitrogen and oxygen atoms in total. The van der Waals surface area contributed by atoms with Crippen LogP contribution >= 0.6 is 0 Å². The van der Waals surface area contributed by atoms with Crippen LogP contribution in [0.2, 0.25) is 0 Å². The van der Waals surface area contributed by atoms with E-state index in [4.69, 9.17) is 0 Å². The van der Waals surface area contributed by atoms with E-state index in [0.29, 0.717) is 23.8 Å². The number of hydrogen-bond acceptors (Lipinski definition) is 8. The van der Waals surface area contributed by atoms with Gasteiger partial charge in [-0.25, -0.2) is 14.0 Å². The summed E-state index contributed by atoms with van der Waals surface area (Å²) in [6.07, 6.45) is 9.15. The monoisotopic (exact) mass is 746 g/mol. The van der Waals surface area contributed by atoms with Gasteiger partial charge in [0.25, 0.3) is 11.2 Å². The van der Waals surface area contributed by atoms with Crippen molar-refractivity contribution < 1.29 is 48.8 Å². The third-order valence-corrected chi connectivity index (χ3v) is 10.7. The highest BCUT2D eigenvalue weighted by atomic mass is 19.1. The van der Waals surface area contributed by atoms with Crippen LogP contribution in [0, 0.1) is 17.7 Å². The molecule has 3 unspecified atom stereocenters. The summed E-state index contributed by atoms with van der Waals surface area (Å²) in [4.78, 5) is 66.0. The highest BCUT2D eigenvalue weighted by Crippen LogP contribution is 2.32. The van der Waals surface area contributed by atoms with Gasteiger partial charge in [0.2, 0.25) is 17.5 Å². The number of likely N-dealkylation sites (N-methyl/N-ethyl adjacent to an activating group) is 1. The minimum absolute atomic E-state index is 0.168. The molecule has 2 fully saturated rings. The van der Waals surface area contributed by atoms with Crippen molar-refractivity contribution in [2.45, 2.75) is 82.5 Å². The summed E-state index contributed by atoms with van der Waals surface area (Å²) in [5.41, 5.74) is -7.49. The molecule has 0 aromatic heterocycles. The van der Waals surface area contributed by atoms with Gasteiger partial charge < -0.3 is 30.2 Å². The topological polar surface area (TPSA) is 173 Å². The summed E-state index contributed by atoms with van der Waals surface area (Å²) in [5, 5.41) is 39.9. The maximum Gasteiger partial charge on any atom is 0.348 e. The molecule has 1 saturated heterocycles. The normalized spacial score (nSPS) is 18.0. The second-order valence-electron chi connectivity index (χ2n) is 14.3. The molecule has 1 heterocycles. The van der Waals surface area contributed by atoms with Crippen LogP contribution in [-0.2, 0) is 20.8 Å². The first-order valence-corrected chi connectivity index (χ1v) is 18.6. The molecule has 4 N–H and O–H groups in total. The van der Waals surface area contributed by atoms with Gasteiger partial charge in [0.05, 0.1) is 0 Å². The number of nitrogens with zero attached hydrogens (tertiary/aromatic N) is 2. The number of halogens is 1. The van der Waals surface area contributed by atoms with Gasteiger partial charge in [0.1, 0.15) is 5.82 Å². The van der Waals surface area contributed by atoms with Crippen molar-refractivity contribution in [3.8, 4) is 0 Å². The van der Waals surface area contributed by atoms with Gasteiger partial charge in [-0.05, 0) is 69.2 Å². The summed E-state index contributed by atoms with van der Waals surface area (Å²) in [5.74, 6) is -6.80. The van der Waals surface area contributed by atoms with Gasteiger partial charge >= 0.3 is 11.9 Å². The predicted molar refractivity (Wildman–Crippen MR) is 199 cm³/mol. The van der Waals surface area contributed by atoms with Crippen molar-refractivity contribution in [1.82, 2.24) is 9.80 Å². The number of carboxylic acids is 2. The molecule has 1 aliphatic carbocycles. The van der Waals surface area contributed by atoms with E-state index in [9.17, 15) is 48.8 Å². The van der Waals surface area contributed by atoms with E-state index in [2.05, 4.69) is 23.6 Å². The SMILES string of the molecule is CCN(CC1CCN(C(=O)C2CCCCC2)CC1)C(C)Cc1ccc(F)cc1.O=C(O)C(O)(C(=O)c1ccccc1)C(O)(C(=O)O)C(=O)c1ccccc1. The van der Waals surface area contributed by atoms with Crippen LogP contribution in [-0.4, -0.2) is 103 Å². The average Bonchev–Trinajstić information content (AvgIpc) is 3.20. The van der Waals surface area contributed by atoms with Gasteiger partial charge in [-0.15, -0.1) is 0 Å². The summed E-state index contributed by atoms with van der Waals surface area (Å²) >= 11 is 0. The number of carbonyl (C=O) groups excluding carboxylic acids is 3. The van der Waals surface area contributed by atoms with E-state index < -0.39 is 45.8 Å². The second kappa shape index (κ2) is 19.0. The Labute approximate surface area is 315 Å². The number of piperidine rings is 1. The van der Waals surface area contributed by atoms with Crippen LogP contribution in [0.25, 0.3) is 0 Å². The fourth-order valence-corrected chi connectivity index (χ4v) is 7.42. The first-order valence-electron chi connectivity index (χ1n) is 18.6. The number of likely N-dealkylation sites (tertiary alicyclic amines) is 1. The van der Waals surface area contributed by atoms with Crippen molar-refractivity contribution in [3.63, 3.8) is 0 Å². The van der Waals surface area contributed by atoms with Crippen LogP contribution in [0.4, 0.5) is 4.39 Å². The molecule has 0 bridgehead atoms. The van der Waals surface area contributed by atoms with E-state index in [-0.39, 0.29) is 5.82 Å². The van der Waals surface area contributed by atoms with Crippen LogP contribution in [0.1, 0.15) is 85.1 Å². The molecule has 0 spiro atoms. The van der Waals surface area contributed by atoms with E-state index in [0.717, 1.165) is 82.5 Å². The van der Waals surface area contributed by atoms with E-state index in [1.54, 1.807) is 12.1 Å². The second-order valence-corrected chi connectivity index (χ2v) is 14.3. The molecule has 290 valence electrons. The maximum atomic E-state index is 13.1. The lowest BCUT2D eigenvalue weighted by atomic mass is 9.73. The Morgan fingerprint density at radius 1 is 0.741 bits per heavy atom. The molecule has 1 aliphatic heterocycles. The number of carboxylic acid groups (broad SMARTS) is 2. The zero-order valence-corrected chi connectivity index (χ0v) is 30.9. The Balaban J connectivity index is 0.000000241. The molecular weight excluding hydrogens is 695 g/mol. The van der Waals surface area contributed by atoms with Crippen LogP contribution in [0.5, 0.6) is 0 Å². The van der Waals surface area contributed by atoms with Crippen molar-refractivity contribution in [3.05, 3.63) is 107 Å². The molecule has 3 aromatic carbocycles. The lowest BCUT2D eigenvalue weighted by Gasteiger charge is -2.38. The minimum Gasteiger partial charge on any atom is -0.479 e. The van der Waals surface area contributed by atoms with Crippen molar-refractivity contribution in [1.29, 1.82) is 0 Å². The zero-order valence-electron chi connectivity index (χ0n) is 30.9. The summed E-state index contributed by atoms with van der Waals surface area (Å²) in [6, 6.07) is 20.2. The van der Waals surface area contributed by atoms with Gasteiger partial charge in [0, 0.05) is 42.7 Å². The van der Waals surface area contributed by atoms with Crippen LogP contribution in [0.3, 0.4) is 0 Å². The number of carbonyl (C=O) groups is 5. The highest BCUT2D eigenvalue weighted by molar-refractivity contribution is 6.28. The quantitative estimate of drug-likeness (QED) is 0.126. The number of Topliss-reactive ketones (excluding diaryl/α,β-unsaturated/α-hetero) is 2. The van der Waals surface area contributed by atoms with E-state index in [1.165, 1.54) is 61.2 Å². The molecule has 3 atom stereocenters. The number of aliphatic hydroxyl groups is 2. The fourth-order valence-electron chi connectivity index (χ4n) is 7.42. The standard InChI is InChI=1S/C24H37FN2O.C18H14O8/c1-3-26(19(2)17-20-9-11-23(25)12-10-20)18-21-13-15-27(16-14-21)24(28)22-7-5-4-6-8-22;19-13(11-7-3-1-4-8-11)17(25,15(21)22)18(26,16(23)24)14(20)12-9-5-2-6-10-12/h9-12,19,21-22H,3-8,13-18H2,1-2H3;1-10,25-26H,(H,21,22)(H,23,24). The molecular formula is C42H51FN2O9. The Kier molecular flexibility index (Phi) is 14.8. The van der Waals surface area contributed by atoms with Gasteiger partial charge in [-0.3, -0.25) is 14.4 Å². The Hall–Kier alpha value is -4.78. The van der Waals surface area contributed by atoms with E-state index in [1.807, 2.05) is 12.1 Å². The predicted octanol–water partition coefficient (Wildman–Crippen LogP) is 5.28. The highest BCUT2D eigenvalue weighted by Gasteiger charge is 2.69. The van der Waals surface area contributed by atoms with Gasteiger partial charge in [-0.1, -0.05) is 99.0 Å². The molecule has 1 amide bonds. The lowest BCUT2D eigenvalue weighted by Crippen LogP contribution is -2.71. The number of aliphatic carboxylic acids is 2. The largest absolute Gasteiger partial charge is 0.479 e. The number of hydrogen-bond donors (Lipinski definition) is 4. The summed E-state index contributed by atoms with van der Waals surface area (Å²) in [6.45, 7) is 8.50.